The van der Waals surface area contributed by atoms with Gasteiger partial charge in [-0.15, -0.1) is 0 Å². The molecule has 3 N–H and O–H groups in total. The molecule has 0 saturated heterocycles. The van der Waals surface area contributed by atoms with Gasteiger partial charge >= 0.3 is 0 Å². The molecule has 0 heterocycles. The molecule has 23 heavy (non-hydrogen) atoms. The molecule has 0 fully saturated rings. The predicted molar refractivity (Wildman–Crippen MR) is 95.2 cm³/mol. The third-order valence-electron chi connectivity index (χ3n) is 3.13. The van der Waals surface area contributed by atoms with E-state index in [0.717, 1.165) is 10.0 Å². The van der Waals surface area contributed by atoms with E-state index in [1.54, 1.807) is 0 Å². The zero-order valence-corrected chi connectivity index (χ0v) is 14.8. The van der Waals surface area contributed by atoms with E-state index in [0.29, 0.717) is 12.3 Å². The second-order valence-corrected chi connectivity index (χ2v) is 6.98. The number of ether oxygens (including phenoxy) is 1. The van der Waals surface area contributed by atoms with Gasteiger partial charge in [-0.05, 0) is 38.1 Å². The largest absolute Gasteiger partial charge is 0.476 e. The number of halogens is 1. The molecular formula is C18H21BrN2O2. The van der Waals surface area contributed by atoms with Crippen LogP contribution in [0, 0.1) is 0 Å². The van der Waals surface area contributed by atoms with Crippen LogP contribution in [0.5, 0.6) is 5.75 Å². The number of hydrogen-bond acceptors (Lipinski definition) is 3. The molecule has 122 valence electrons. The lowest BCUT2D eigenvalue weighted by Crippen LogP contribution is -2.46. The summed E-state index contributed by atoms with van der Waals surface area (Å²) in [6.07, 6.45) is -0.722. The fourth-order valence-corrected chi connectivity index (χ4v) is 2.22. The topological polar surface area (TPSA) is 64.3 Å². The highest BCUT2D eigenvalue weighted by atomic mass is 79.9. The van der Waals surface area contributed by atoms with Crippen LogP contribution in [-0.2, 0) is 4.79 Å². The van der Waals surface area contributed by atoms with E-state index in [1.165, 1.54) is 0 Å². The number of carbonyl (C=O) groups excluding carboxylic acids is 1. The molecular weight excluding hydrogens is 356 g/mol. The highest BCUT2D eigenvalue weighted by Gasteiger charge is 2.24. The molecule has 1 unspecified atom stereocenters. The third-order valence-corrected chi connectivity index (χ3v) is 3.65. The molecule has 4 nitrogen and oxygen atoms in total. The Bertz CT molecular complexity index is 636. The molecule has 0 aliphatic carbocycles. The normalized spacial score (nSPS) is 12.5. The molecule has 1 atom stereocenters. The number of amides is 1. The highest BCUT2D eigenvalue weighted by Crippen LogP contribution is 2.24. The first-order valence-electron chi connectivity index (χ1n) is 7.39. The minimum atomic E-state index is -0.722. The van der Waals surface area contributed by atoms with Crippen molar-refractivity contribution in [3.05, 3.63) is 64.6 Å². The minimum absolute atomic E-state index is 0.211. The molecule has 5 heteroatoms. The van der Waals surface area contributed by atoms with Crippen molar-refractivity contribution in [1.29, 1.82) is 0 Å². The van der Waals surface area contributed by atoms with Crippen LogP contribution in [0.25, 0.3) is 0 Å². The van der Waals surface area contributed by atoms with Crippen LogP contribution >= 0.6 is 15.9 Å². The maximum absolute atomic E-state index is 12.6. The van der Waals surface area contributed by atoms with Crippen molar-refractivity contribution in [3.63, 3.8) is 0 Å². The van der Waals surface area contributed by atoms with Gasteiger partial charge in [0.1, 0.15) is 5.75 Å². The zero-order chi connectivity index (χ0) is 16.9. The lowest BCUT2D eigenvalue weighted by atomic mass is 10.1. The first-order chi connectivity index (χ1) is 10.8. The Morgan fingerprint density at radius 2 is 1.78 bits per heavy atom. The molecule has 0 aliphatic heterocycles. The summed E-state index contributed by atoms with van der Waals surface area (Å²) in [6, 6.07) is 16.8. The second-order valence-electron chi connectivity index (χ2n) is 6.07. The Morgan fingerprint density at radius 1 is 1.17 bits per heavy atom. The quantitative estimate of drug-likeness (QED) is 0.811. The molecule has 0 bridgehead atoms. The van der Waals surface area contributed by atoms with Gasteiger partial charge in [-0.1, -0.05) is 46.3 Å². The Hall–Kier alpha value is -1.85. The van der Waals surface area contributed by atoms with Gasteiger partial charge in [-0.25, -0.2) is 0 Å². The van der Waals surface area contributed by atoms with E-state index >= 15 is 0 Å². The average Bonchev–Trinajstić information content (AvgIpc) is 2.52. The summed E-state index contributed by atoms with van der Waals surface area (Å²) in [4.78, 5) is 12.6. The second kappa shape index (κ2) is 7.62. The Kier molecular flexibility index (Phi) is 5.80. The molecule has 0 radical (unpaired) electrons. The Labute approximate surface area is 145 Å². The third kappa shape index (κ3) is 5.69. The Morgan fingerprint density at radius 3 is 2.35 bits per heavy atom. The number of nitrogens with two attached hydrogens (primary N) is 1. The van der Waals surface area contributed by atoms with Crippen molar-refractivity contribution < 1.29 is 9.53 Å². The summed E-state index contributed by atoms with van der Waals surface area (Å²) >= 11 is 3.38. The summed E-state index contributed by atoms with van der Waals surface area (Å²) in [7, 11) is 0. The molecule has 0 aliphatic rings. The average molecular weight is 377 g/mol. The van der Waals surface area contributed by atoms with Crippen LogP contribution in [0.3, 0.4) is 0 Å². The molecule has 2 aromatic rings. The SMILES string of the molecule is CC(C)(N)CNC(=O)C(Oc1ccc(Br)cc1)c1ccccc1. The predicted octanol–water partition coefficient (Wildman–Crippen LogP) is 3.42. The summed E-state index contributed by atoms with van der Waals surface area (Å²) in [5, 5.41) is 2.85. The van der Waals surface area contributed by atoms with Crippen LogP contribution in [0.2, 0.25) is 0 Å². The fraction of sp³-hybridized carbons (Fsp3) is 0.278. The van der Waals surface area contributed by atoms with Gasteiger partial charge in [0.05, 0.1) is 0 Å². The van der Waals surface area contributed by atoms with Crippen molar-refractivity contribution in [2.75, 3.05) is 6.54 Å². The van der Waals surface area contributed by atoms with Gasteiger partial charge in [-0.3, -0.25) is 4.79 Å². The number of hydrogen-bond donors (Lipinski definition) is 2. The van der Waals surface area contributed by atoms with Gasteiger partial charge in [0.2, 0.25) is 6.10 Å². The number of carbonyl (C=O) groups is 1. The number of benzene rings is 2. The molecule has 2 aromatic carbocycles. The number of rotatable bonds is 6. The van der Waals surface area contributed by atoms with Crippen molar-refractivity contribution in [2.45, 2.75) is 25.5 Å². The van der Waals surface area contributed by atoms with Gasteiger partial charge in [0.25, 0.3) is 5.91 Å². The first-order valence-corrected chi connectivity index (χ1v) is 8.18. The van der Waals surface area contributed by atoms with E-state index in [2.05, 4.69) is 21.2 Å². The molecule has 0 saturated carbocycles. The van der Waals surface area contributed by atoms with Crippen LogP contribution in [0.1, 0.15) is 25.5 Å². The fourth-order valence-electron chi connectivity index (χ4n) is 1.96. The molecule has 0 spiro atoms. The van der Waals surface area contributed by atoms with Gasteiger partial charge < -0.3 is 15.8 Å². The van der Waals surface area contributed by atoms with Gasteiger partial charge in [0.15, 0.2) is 0 Å². The van der Waals surface area contributed by atoms with E-state index in [-0.39, 0.29) is 5.91 Å². The standard InChI is InChI=1S/C18H21BrN2O2/c1-18(2,20)12-21-17(22)16(13-6-4-3-5-7-13)23-15-10-8-14(19)9-11-15/h3-11,16H,12,20H2,1-2H3,(H,21,22). The van der Waals surface area contributed by atoms with Gasteiger partial charge in [-0.2, -0.15) is 0 Å². The van der Waals surface area contributed by atoms with Crippen LogP contribution < -0.4 is 15.8 Å². The molecule has 2 rings (SSSR count). The summed E-state index contributed by atoms with van der Waals surface area (Å²) < 4.78 is 6.86. The van der Waals surface area contributed by atoms with Crippen LogP contribution in [0.15, 0.2) is 59.1 Å². The lowest BCUT2D eigenvalue weighted by Gasteiger charge is -2.23. The van der Waals surface area contributed by atoms with Crippen molar-refractivity contribution in [1.82, 2.24) is 5.32 Å². The first kappa shape index (κ1) is 17.5. The van der Waals surface area contributed by atoms with Crippen LogP contribution in [-0.4, -0.2) is 18.0 Å². The Balaban J connectivity index is 2.18. The molecule has 0 aromatic heterocycles. The van der Waals surface area contributed by atoms with Crippen molar-refractivity contribution >= 4 is 21.8 Å². The van der Waals surface area contributed by atoms with Crippen molar-refractivity contribution in [3.8, 4) is 5.75 Å². The van der Waals surface area contributed by atoms with Crippen molar-refractivity contribution in [2.24, 2.45) is 5.73 Å². The minimum Gasteiger partial charge on any atom is -0.476 e. The maximum atomic E-state index is 12.6. The van der Waals surface area contributed by atoms with E-state index in [4.69, 9.17) is 10.5 Å². The molecule has 1 amide bonds. The summed E-state index contributed by atoms with van der Waals surface area (Å²) in [5.74, 6) is 0.418. The van der Waals surface area contributed by atoms with Crippen LogP contribution in [0.4, 0.5) is 0 Å². The smallest absolute Gasteiger partial charge is 0.265 e. The van der Waals surface area contributed by atoms with E-state index in [1.807, 2.05) is 68.4 Å². The highest BCUT2D eigenvalue weighted by molar-refractivity contribution is 9.10. The lowest BCUT2D eigenvalue weighted by molar-refractivity contribution is -0.128. The maximum Gasteiger partial charge on any atom is 0.265 e. The summed E-state index contributed by atoms with van der Waals surface area (Å²) in [6.45, 7) is 4.10. The zero-order valence-electron chi connectivity index (χ0n) is 13.3. The summed E-state index contributed by atoms with van der Waals surface area (Å²) in [5.41, 5.74) is 6.25. The van der Waals surface area contributed by atoms with Gasteiger partial charge in [0, 0.05) is 22.1 Å². The monoisotopic (exact) mass is 376 g/mol. The number of nitrogens with one attached hydrogen (secondary N) is 1. The van der Waals surface area contributed by atoms with E-state index < -0.39 is 11.6 Å². The van der Waals surface area contributed by atoms with E-state index in [9.17, 15) is 4.79 Å².